The molecule has 0 aliphatic heterocycles. The third kappa shape index (κ3) is 2.38. The van der Waals surface area contributed by atoms with E-state index in [1.165, 1.54) is 0 Å². The van der Waals surface area contributed by atoms with Crippen LogP contribution in [-0.2, 0) is 0 Å². The van der Waals surface area contributed by atoms with Crippen LogP contribution in [0.3, 0.4) is 0 Å². The monoisotopic (exact) mass is 340 g/mol. The quantitative estimate of drug-likeness (QED) is 0.607. The molecule has 3 rings (SSSR count). The highest BCUT2D eigenvalue weighted by molar-refractivity contribution is 9.10. The number of nitriles is 1. The summed E-state index contributed by atoms with van der Waals surface area (Å²) in [7, 11) is 0. The molecule has 0 bridgehead atoms. The molecular weight excluding hydrogens is 332 g/mol. The third-order valence-electron chi connectivity index (χ3n) is 2.95. The van der Waals surface area contributed by atoms with Crippen LogP contribution < -0.4 is 0 Å². The Kier molecular flexibility index (Phi) is 3.64. The molecule has 0 unspecified atom stereocenters. The van der Waals surface area contributed by atoms with Crippen molar-refractivity contribution in [2.45, 2.75) is 0 Å². The molecule has 4 heteroatoms. The van der Waals surface area contributed by atoms with E-state index in [0.29, 0.717) is 10.2 Å². The van der Waals surface area contributed by atoms with Crippen molar-refractivity contribution in [1.29, 1.82) is 5.26 Å². The van der Waals surface area contributed by atoms with Crippen molar-refractivity contribution in [3.63, 3.8) is 0 Å². The van der Waals surface area contributed by atoms with Crippen LogP contribution in [0.5, 0.6) is 0 Å². The van der Waals surface area contributed by atoms with Crippen LogP contribution in [0.2, 0.25) is 0 Å². The number of rotatable bonds is 2. The summed E-state index contributed by atoms with van der Waals surface area (Å²) >= 11 is 5.05. The summed E-state index contributed by atoms with van der Waals surface area (Å²) in [5.41, 5.74) is 3.37. The minimum Gasteiger partial charge on any atom is -0.239 e. The predicted octanol–water partition coefficient (Wildman–Crippen LogP) is 5.11. The molecule has 2 aromatic heterocycles. The fourth-order valence-corrected chi connectivity index (χ4v) is 3.20. The van der Waals surface area contributed by atoms with E-state index in [9.17, 15) is 5.26 Å². The van der Waals surface area contributed by atoms with E-state index in [2.05, 4.69) is 27.0 Å². The van der Waals surface area contributed by atoms with Crippen molar-refractivity contribution < 1.29 is 0 Å². The smallest absolute Gasteiger partial charge is 0.125 e. The van der Waals surface area contributed by atoms with E-state index in [1.807, 2.05) is 53.9 Å². The molecule has 2 heterocycles. The van der Waals surface area contributed by atoms with Gasteiger partial charge in [0.05, 0.1) is 16.1 Å². The average molecular weight is 341 g/mol. The molecule has 0 aliphatic rings. The second kappa shape index (κ2) is 5.58. The largest absolute Gasteiger partial charge is 0.239 e. The van der Waals surface area contributed by atoms with E-state index in [4.69, 9.17) is 0 Å². The van der Waals surface area contributed by atoms with Crippen molar-refractivity contribution in [3.05, 3.63) is 64.1 Å². The normalized spacial score (nSPS) is 10.2. The Morgan fingerprint density at radius 3 is 2.55 bits per heavy atom. The zero-order valence-corrected chi connectivity index (χ0v) is 12.8. The summed E-state index contributed by atoms with van der Waals surface area (Å²) in [6, 6.07) is 18.1. The minimum atomic E-state index is 0.566. The Morgan fingerprint density at radius 1 is 1.10 bits per heavy atom. The first-order valence-electron chi connectivity index (χ1n) is 5.99. The molecule has 0 spiro atoms. The van der Waals surface area contributed by atoms with Gasteiger partial charge in [0.2, 0.25) is 0 Å². The molecule has 96 valence electrons. The number of thiophene rings is 1. The number of halogens is 1. The van der Waals surface area contributed by atoms with Gasteiger partial charge in [0.1, 0.15) is 10.7 Å². The van der Waals surface area contributed by atoms with Gasteiger partial charge in [-0.1, -0.05) is 36.4 Å². The second-order valence-corrected chi connectivity index (χ2v) is 5.87. The summed E-state index contributed by atoms with van der Waals surface area (Å²) in [6.07, 6.45) is 0. The lowest BCUT2D eigenvalue weighted by molar-refractivity contribution is 1.26. The Bertz CT molecular complexity index is 774. The molecule has 0 atom stereocenters. The highest BCUT2D eigenvalue weighted by Crippen LogP contribution is 2.33. The molecular formula is C16H9BrN2S. The van der Waals surface area contributed by atoms with Gasteiger partial charge in [-0.3, -0.25) is 0 Å². The van der Waals surface area contributed by atoms with Crippen LogP contribution in [-0.4, -0.2) is 4.98 Å². The maximum Gasteiger partial charge on any atom is 0.125 e. The van der Waals surface area contributed by atoms with Crippen molar-refractivity contribution >= 4 is 27.3 Å². The number of hydrogen-bond acceptors (Lipinski definition) is 3. The summed E-state index contributed by atoms with van der Waals surface area (Å²) in [5, 5.41) is 11.4. The topological polar surface area (TPSA) is 36.7 Å². The van der Waals surface area contributed by atoms with E-state index >= 15 is 0 Å². The van der Waals surface area contributed by atoms with Crippen LogP contribution in [0.4, 0.5) is 0 Å². The van der Waals surface area contributed by atoms with Crippen molar-refractivity contribution in [2.24, 2.45) is 0 Å². The highest BCUT2D eigenvalue weighted by Gasteiger charge is 2.13. The number of hydrogen-bond donors (Lipinski definition) is 0. The first-order valence-corrected chi connectivity index (χ1v) is 7.67. The van der Waals surface area contributed by atoms with Gasteiger partial charge in [0, 0.05) is 5.56 Å². The first kappa shape index (κ1) is 13.0. The number of pyridine rings is 1. The fourth-order valence-electron chi connectivity index (χ4n) is 2.02. The SMILES string of the molecule is N#Cc1c(-c2ccccc2)cc(-c2cccs2)nc1Br. The number of nitrogens with zero attached hydrogens (tertiary/aromatic N) is 2. The van der Waals surface area contributed by atoms with Crippen LogP contribution in [0.25, 0.3) is 21.7 Å². The second-order valence-electron chi connectivity index (χ2n) is 4.18. The molecule has 0 saturated carbocycles. The Labute approximate surface area is 129 Å². The molecule has 0 N–H and O–H groups in total. The van der Waals surface area contributed by atoms with Crippen molar-refractivity contribution in [2.75, 3.05) is 0 Å². The van der Waals surface area contributed by atoms with Crippen LogP contribution in [0.1, 0.15) is 5.56 Å². The summed E-state index contributed by atoms with van der Waals surface area (Å²) < 4.78 is 0.588. The number of benzene rings is 1. The maximum absolute atomic E-state index is 9.36. The van der Waals surface area contributed by atoms with Gasteiger partial charge in [0.15, 0.2) is 0 Å². The van der Waals surface area contributed by atoms with Gasteiger partial charge in [-0.15, -0.1) is 11.3 Å². The summed E-state index contributed by atoms with van der Waals surface area (Å²) in [4.78, 5) is 5.57. The van der Waals surface area contributed by atoms with Crippen LogP contribution in [0.15, 0.2) is 58.5 Å². The predicted molar refractivity (Wildman–Crippen MR) is 85.4 cm³/mol. The van der Waals surface area contributed by atoms with E-state index < -0.39 is 0 Å². The van der Waals surface area contributed by atoms with Crippen molar-refractivity contribution in [3.8, 4) is 27.8 Å². The lowest BCUT2D eigenvalue weighted by Crippen LogP contribution is -1.92. The molecule has 20 heavy (non-hydrogen) atoms. The third-order valence-corrected chi connectivity index (χ3v) is 4.41. The van der Waals surface area contributed by atoms with Crippen molar-refractivity contribution in [1.82, 2.24) is 4.98 Å². The van der Waals surface area contributed by atoms with E-state index in [0.717, 1.165) is 21.7 Å². The lowest BCUT2D eigenvalue weighted by Gasteiger charge is -2.08. The fraction of sp³-hybridized carbons (Fsp3) is 0. The molecule has 0 fully saturated rings. The number of aromatic nitrogens is 1. The first-order chi connectivity index (χ1) is 9.79. The van der Waals surface area contributed by atoms with Gasteiger partial charge in [-0.25, -0.2) is 4.98 Å². The van der Waals surface area contributed by atoms with Gasteiger partial charge in [-0.05, 0) is 39.0 Å². The van der Waals surface area contributed by atoms with E-state index in [-0.39, 0.29) is 0 Å². The zero-order chi connectivity index (χ0) is 13.9. The standard InChI is InChI=1S/C16H9BrN2S/c17-16-13(10-18)12(11-5-2-1-3-6-11)9-14(19-16)15-7-4-8-20-15/h1-9H. The Morgan fingerprint density at radius 2 is 1.90 bits per heavy atom. The highest BCUT2D eigenvalue weighted by atomic mass is 79.9. The van der Waals surface area contributed by atoms with Gasteiger partial charge < -0.3 is 0 Å². The molecule has 2 nitrogen and oxygen atoms in total. The minimum absolute atomic E-state index is 0.566. The molecule has 0 amide bonds. The zero-order valence-electron chi connectivity index (χ0n) is 10.4. The molecule has 0 radical (unpaired) electrons. The average Bonchev–Trinajstić information content (AvgIpc) is 3.01. The van der Waals surface area contributed by atoms with Gasteiger partial charge in [0.25, 0.3) is 0 Å². The molecule has 0 aliphatic carbocycles. The van der Waals surface area contributed by atoms with E-state index in [1.54, 1.807) is 11.3 Å². The Balaban J connectivity index is 2.25. The summed E-state index contributed by atoms with van der Waals surface area (Å²) in [5.74, 6) is 0. The lowest BCUT2D eigenvalue weighted by atomic mass is 10.0. The molecule has 1 aromatic carbocycles. The van der Waals surface area contributed by atoms with Gasteiger partial charge >= 0.3 is 0 Å². The molecule has 3 aromatic rings. The molecule has 0 saturated heterocycles. The van der Waals surface area contributed by atoms with Crippen LogP contribution in [0, 0.1) is 11.3 Å². The van der Waals surface area contributed by atoms with Gasteiger partial charge in [-0.2, -0.15) is 5.26 Å². The van der Waals surface area contributed by atoms with Crippen LogP contribution >= 0.6 is 27.3 Å². The maximum atomic E-state index is 9.36. The summed E-state index contributed by atoms with van der Waals surface area (Å²) in [6.45, 7) is 0. The Hall–Kier alpha value is -1.96.